The summed E-state index contributed by atoms with van der Waals surface area (Å²) >= 11 is 0. The summed E-state index contributed by atoms with van der Waals surface area (Å²) in [5, 5.41) is 3.41. The number of allylic oxidation sites excluding steroid dienone is 1. The summed E-state index contributed by atoms with van der Waals surface area (Å²) in [6.45, 7) is 17.2. The van der Waals surface area contributed by atoms with E-state index in [1.807, 2.05) is 4.90 Å². The van der Waals surface area contributed by atoms with E-state index in [2.05, 4.69) is 46.0 Å². The number of ether oxygens (including phenoxy) is 1. The Balaban J connectivity index is 0.00000468. The van der Waals surface area contributed by atoms with Gasteiger partial charge in [-0.3, -0.25) is 9.59 Å². The van der Waals surface area contributed by atoms with Crippen LogP contribution in [0.3, 0.4) is 0 Å². The first-order valence-corrected chi connectivity index (χ1v) is 21.3. The molecule has 4 rings (SSSR count). The van der Waals surface area contributed by atoms with Crippen LogP contribution in [0.2, 0.25) is 0 Å². The van der Waals surface area contributed by atoms with Crippen molar-refractivity contribution in [1.82, 2.24) is 10.2 Å². The van der Waals surface area contributed by atoms with Gasteiger partial charge in [0, 0.05) is 32.4 Å². The zero-order valence-electron chi connectivity index (χ0n) is 34.3. The zero-order valence-corrected chi connectivity index (χ0v) is 36.8. The van der Waals surface area contributed by atoms with Crippen molar-refractivity contribution in [2.75, 3.05) is 39.3 Å². The molecule has 3 fully saturated rings. The predicted molar refractivity (Wildman–Crippen MR) is 229 cm³/mol. The van der Waals surface area contributed by atoms with Crippen LogP contribution < -0.4 is 16.8 Å². The third kappa shape index (κ3) is 13.8. The molecule has 0 aromatic rings. The van der Waals surface area contributed by atoms with Crippen LogP contribution in [0.25, 0.3) is 0 Å². The van der Waals surface area contributed by atoms with Gasteiger partial charge in [0.2, 0.25) is 5.91 Å². The number of carbonyl (C=O) groups excluding carboxylic acids is 2. The van der Waals surface area contributed by atoms with Gasteiger partial charge in [0.25, 0.3) is 0 Å². The topological polar surface area (TPSA) is 111 Å². The molecule has 3 saturated carbocycles. The van der Waals surface area contributed by atoms with Crippen LogP contribution >= 0.6 is 37.2 Å². The van der Waals surface area contributed by atoms with Crippen molar-refractivity contribution in [3.63, 3.8) is 0 Å². The number of nitrogens with two attached hydrogens (primary N) is 2. The number of halogens is 3. The third-order valence-corrected chi connectivity index (χ3v) is 14.2. The van der Waals surface area contributed by atoms with E-state index < -0.39 is 0 Å². The average Bonchev–Trinajstić information content (AvgIpc) is 3.44. The van der Waals surface area contributed by atoms with E-state index >= 15 is 0 Å². The van der Waals surface area contributed by atoms with Gasteiger partial charge < -0.3 is 26.4 Å². The molecule has 8 unspecified atom stereocenters. The Hall–Kier alpha value is -0.570. The first-order chi connectivity index (χ1) is 24.0. The van der Waals surface area contributed by atoms with Crippen LogP contribution in [-0.2, 0) is 14.3 Å². The maximum Gasteiger partial charge on any atom is 0.306 e. The average molecular weight is 809 g/mol. The molecule has 53 heavy (non-hydrogen) atoms. The molecule has 0 radical (unpaired) electrons. The molecule has 0 bridgehead atoms. The Bertz CT molecular complexity index is 1090. The van der Waals surface area contributed by atoms with E-state index in [4.69, 9.17) is 16.2 Å². The van der Waals surface area contributed by atoms with Crippen molar-refractivity contribution in [1.29, 1.82) is 0 Å². The fraction of sp³-hybridized carbons (Fsp3) is 0.907. The molecule has 312 valence electrons. The first kappa shape index (κ1) is 50.4. The molecule has 0 aliphatic heterocycles. The van der Waals surface area contributed by atoms with Crippen molar-refractivity contribution in [3.05, 3.63) is 11.6 Å². The number of rotatable bonds is 22. The van der Waals surface area contributed by atoms with Crippen LogP contribution in [0.5, 0.6) is 0 Å². The van der Waals surface area contributed by atoms with Crippen molar-refractivity contribution in [3.8, 4) is 0 Å². The van der Waals surface area contributed by atoms with Crippen molar-refractivity contribution in [2.24, 2.45) is 57.8 Å². The molecule has 7 nitrogen and oxygen atoms in total. The first-order valence-electron chi connectivity index (χ1n) is 21.3. The van der Waals surface area contributed by atoms with Gasteiger partial charge in [0.1, 0.15) is 6.10 Å². The molecule has 0 aromatic heterocycles. The lowest BCUT2D eigenvalue weighted by Crippen LogP contribution is -2.51. The normalized spacial score (nSPS) is 29.3. The molecular weight excluding hydrogens is 727 g/mol. The number of nitrogens with zero attached hydrogens (tertiary/aromatic N) is 1. The molecule has 4 aliphatic carbocycles. The smallest absolute Gasteiger partial charge is 0.306 e. The van der Waals surface area contributed by atoms with Crippen LogP contribution in [0.15, 0.2) is 11.6 Å². The van der Waals surface area contributed by atoms with Crippen LogP contribution in [0, 0.1) is 46.3 Å². The van der Waals surface area contributed by atoms with Gasteiger partial charge in [0.15, 0.2) is 0 Å². The molecule has 0 heterocycles. The summed E-state index contributed by atoms with van der Waals surface area (Å²) in [6, 6.07) is 0. The number of hydrogen-bond acceptors (Lipinski definition) is 6. The number of nitrogens with one attached hydrogen (secondary N) is 1. The van der Waals surface area contributed by atoms with Crippen LogP contribution in [-0.4, -0.2) is 62.1 Å². The third-order valence-electron chi connectivity index (χ3n) is 14.2. The second-order valence-corrected chi connectivity index (χ2v) is 18.0. The summed E-state index contributed by atoms with van der Waals surface area (Å²) < 4.78 is 6.10. The molecule has 0 aromatic carbocycles. The Morgan fingerprint density at radius 1 is 0.830 bits per heavy atom. The van der Waals surface area contributed by atoms with E-state index in [1.54, 1.807) is 5.57 Å². The molecule has 5 N–H and O–H groups in total. The lowest BCUT2D eigenvalue weighted by Gasteiger charge is -2.58. The largest absolute Gasteiger partial charge is 0.462 e. The lowest BCUT2D eigenvalue weighted by molar-refractivity contribution is -0.151. The van der Waals surface area contributed by atoms with E-state index in [1.165, 1.54) is 51.4 Å². The van der Waals surface area contributed by atoms with Gasteiger partial charge in [-0.1, -0.05) is 65.5 Å². The fourth-order valence-electron chi connectivity index (χ4n) is 11.2. The van der Waals surface area contributed by atoms with Gasteiger partial charge in [0.05, 0.1) is 0 Å². The van der Waals surface area contributed by atoms with Gasteiger partial charge >= 0.3 is 5.97 Å². The quantitative estimate of drug-likeness (QED) is 0.0571. The maximum atomic E-state index is 13.0. The van der Waals surface area contributed by atoms with Crippen LogP contribution in [0.4, 0.5) is 0 Å². The number of unbranched alkanes of at least 4 members (excludes halogenated alkanes) is 2. The molecular formula is C43H81Cl3N4O3. The number of esters is 1. The number of carbonyl (C=O) groups is 2. The highest BCUT2D eigenvalue weighted by molar-refractivity contribution is 5.86. The van der Waals surface area contributed by atoms with Crippen LogP contribution in [0.1, 0.15) is 157 Å². The summed E-state index contributed by atoms with van der Waals surface area (Å²) in [5.41, 5.74) is 13.7. The highest BCUT2D eigenvalue weighted by atomic mass is 35.5. The molecule has 8 atom stereocenters. The second-order valence-electron chi connectivity index (χ2n) is 18.0. The molecule has 4 aliphatic rings. The number of fused-ring (bicyclic) bond motifs is 5. The maximum absolute atomic E-state index is 13.0. The minimum Gasteiger partial charge on any atom is -0.462 e. The summed E-state index contributed by atoms with van der Waals surface area (Å²) in [7, 11) is 0. The summed E-state index contributed by atoms with van der Waals surface area (Å²) in [6.07, 6.45) is 22.9. The Kier molecular flexibility index (Phi) is 23.7. The predicted octanol–water partition coefficient (Wildman–Crippen LogP) is 9.66. The second kappa shape index (κ2) is 24.9. The monoisotopic (exact) mass is 807 g/mol. The van der Waals surface area contributed by atoms with Crippen molar-refractivity contribution < 1.29 is 14.3 Å². The highest BCUT2D eigenvalue weighted by Crippen LogP contribution is 2.67. The van der Waals surface area contributed by atoms with Gasteiger partial charge in [-0.25, -0.2) is 0 Å². The Morgan fingerprint density at radius 2 is 1.53 bits per heavy atom. The minimum atomic E-state index is -0.0876. The molecule has 1 amide bonds. The molecule has 0 spiro atoms. The van der Waals surface area contributed by atoms with E-state index in [9.17, 15) is 9.59 Å². The van der Waals surface area contributed by atoms with Gasteiger partial charge in [-0.15, -0.1) is 37.2 Å². The lowest BCUT2D eigenvalue weighted by atomic mass is 9.47. The standard InChI is InChI=1S/C43H78N4O3.3ClH/c1-32(2)13-10-14-33(3)37-19-20-38-36-18-17-34-31-35(21-23-42(34,4)39(36)22-24-43(37,38)5)50-41(49)16-7-6-15-40(48)47(30-12-26-45)29-9-8-27-46-28-11-25-44;;;/h17,32-33,35-39,46H,6-16,18-31,44-45H2,1-5H3;3*1H. The Morgan fingerprint density at radius 3 is 2.25 bits per heavy atom. The number of amides is 1. The minimum absolute atomic E-state index is 0. The highest BCUT2D eigenvalue weighted by Gasteiger charge is 2.59. The summed E-state index contributed by atoms with van der Waals surface area (Å²) in [5.74, 6) is 5.14. The SMILES string of the molecule is CC(C)CCCC(C)C1CCC2C3CC=C4CC(OC(=O)CCCCC(=O)N(CCCN)CCCCNCCCN)CCC4(C)C3CCC12C.Cl.Cl.Cl. The number of hydrogen-bond donors (Lipinski definition) is 3. The van der Waals surface area contributed by atoms with Crippen molar-refractivity contribution >= 4 is 49.1 Å². The fourth-order valence-corrected chi connectivity index (χ4v) is 11.2. The van der Waals surface area contributed by atoms with Gasteiger partial charge in [-0.05, 0) is 156 Å². The zero-order chi connectivity index (χ0) is 36.1. The van der Waals surface area contributed by atoms with E-state index in [0.717, 1.165) is 107 Å². The van der Waals surface area contributed by atoms with E-state index in [0.29, 0.717) is 44.3 Å². The Labute approximate surface area is 343 Å². The van der Waals surface area contributed by atoms with Gasteiger partial charge in [-0.2, -0.15) is 0 Å². The van der Waals surface area contributed by atoms with E-state index in [-0.39, 0.29) is 60.6 Å². The molecule has 0 saturated heterocycles. The summed E-state index contributed by atoms with van der Waals surface area (Å²) in [4.78, 5) is 27.9. The van der Waals surface area contributed by atoms with Crippen molar-refractivity contribution in [2.45, 2.75) is 163 Å². The molecule has 10 heteroatoms.